The van der Waals surface area contributed by atoms with Crippen molar-refractivity contribution in [2.24, 2.45) is 0 Å². The van der Waals surface area contributed by atoms with Gasteiger partial charge in [0.05, 0.1) is 17.8 Å². The highest BCUT2D eigenvalue weighted by atomic mass is 32.1. The predicted octanol–water partition coefficient (Wildman–Crippen LogP) is 5.56. The Hall–Kier alpha value is -5.37. The van der Waals surface area contributed by atoms with E-state index in [-0.39, 0.29) is 12.1 Å². The largest absolute Gasteiger partial charge is 0.369 e. The van der Waals surface area contributed by atoms with Crippen LogP contribution in [0.15, 0.2) is 95.5 Å². The average molecular weight is 625 g/mol. The zero-order valence-electron chi connectivity index (χ0n) is 25.6. The van der Waals surface area contributed by atoms with Gasteiger partial charge in [-0.05, 0) is 68.1 Å². The van der Waals surface area contributed by atoms with Crippen LogP contribution in [-0.2, 0) is 6.54 Å². The zero-order valence-corrected chi connectivity index (χ0v) is 26.5. The molecule has 10 heteroatoms. The third kappa shape index (κ3) is 6.24. The van der Waals surface area contributed by atoms with Crippen LogP contribution in [0.5, 0.6) is 0 Å². The highest BCUT2D eigenvalue weighted by Crippen LogP contribution is 2.26. The molecule has 7 rings (SSSR count). The number of hydrogen-bond acceptors (Lipinski definition) is 9. The van der Waals surface area contributed by atoms with Crippen molar-refractivity contribution in [1.82, 2.24) is 29.4 Å². The Balaban J connectivity index is 1.26. The van der Waals surface area contributed by atoms with E-state index in [9.17, 15) is 4.79 Å². The first-order valence-corrected chi connectivity index (χ1v) is 16.0. The van der Waals surface area contributed by atoms with Crippen molar-refractivity contribution >= 4 is 39.7 Å². The van der Waals surface area contributed by atoms with E-state index in [1.807, 2.05) is 60.8 Å². The van der Waals surface area contributed by atoms with Gasteiger partial charge in [0, 0.05) is 78.0 Å². The quantitative estimate of drug-likeness (QED) is 0.241. The summed E-state index contributed by atoms with van der Waals surface area (Å²) in [7, 11) is 2.16. The Labute approximate surface area is 271 Å². The number of fused-ring (bicyclic) bond motifs is 1. The molecule has 1 N–H and O–H groups in total. The standard InChI is InChI=1S/C36H32N8OS/c1-25-6-3-4-7-26(25)9-10-27-22-28-23-39-36(40-29-11-13-30(14-12-29)43-19-17-42(2)18-20-43)41-33(28)44(35(27)45)24-32-31(8-5-15-37-32)34-38-16-21-46-34/h3-8,11-16,21-23H,17-20,24H2,1-2H3,(H,39,40,41). The molecule has 0 saturated carbocycles. The van der Waals surface area contributed by atoms with Crippen molar-refractivity contribution in [1.29, 1.82) is 0 Å². The second-order valence-corrected chi connectivity index (χ2v) is 12.2. The molecule has 0 bridgehead atoms. The summed E-state index contributed by atoms with van der Waals surface area (Å²) < 4.78 is 1.64. The van der Waals surface area contributed by atoms with Gasteiger partial charge in [0.2, 0.25) is 5.95 Å². The molecule has 1 aliphatic rings. The summed E-state index contributed by atoms with van der Waals surface area (Å²) in [6.07, 6.45) is 5.23. The van der Waals surface area contributed by atoms with Crippen molar-refractivity contribution in [3.05, 3.63) is 123 Å². The summed E-state index contributed by atoms with van der Waals surface area (Å²) in [5.74, 6) is 6.71. The minimum atomic E-state index is -0.245. The highest BCUT2D eigenvalue weighted by Gasteiger charge is 2.17. The molecule has 0 spiro atoms. The van der Waals surface area contributed by atoms with Crippen molar-refractivity contribution < 1.29 is 0 Å². The van der Waals surface area contributed by atoms with Crippen LogP contribution in [0, 0.1) is 18.8 Å². The second kappa shape index (κ2) is 12.9. The normalized spacial score (nSPS) is 13.4. The van der Waals surface area contributed by atoms with E-state index in [0.29, 0.717) is 22.5 Å². The summed E-state index contributed by atoms with van der Waals surface area (Å²) >= 11 is 1.53. The topological polar surface area (TPSA) is 92.1 Å². The molecular weight excluding hydrogens is 593 g/mol. The summed E-state index contributed by atoms with van der Waals surface area (Å²) in [6.45, 7) is 6.32. The summed E-state index contributed by atoms with van der Waals surface area (Å²) in [5.41, 5.74) is 6.19. The lowest BCUT2D eigenvalue weighted by molar-refractivity contribution is 0.313. The fraction of sp³-hybridized carbons (Fsp3) is 0.194. The van der Waals surface area contributed by atoms with Gasteiger partial charge in [-0.15, -0.1) is 11.3 Å². The predicted molar refractivity (Wildman–Crippen MR) is 185 cm³/mol. The number of aryl methyl sites for hydroxylation is 1. The lowest BCUT2D eigenvalue weighted by atomic mass is 10.1. The van der Waals surface area contributed by atoms with Gasteiger partial charge in [0.1, 0.15) is 10.7 Å². The average Bonchev–Trinajstić information content (AvgIpc) is 3.62. The number of rotatable bonds is 6. The van der Waals surface area contributed by atoms with E-state index in [1.165, 1.54) is 17.0 Å². The molecule has 0 unspecified atom stereocenters. The maximum atomic E-state index is 14.1. The third-order valence-corrected chi connectivity index (χ3v) is 8.96. The molecule has 1 fully saturated rings. The monoisotopic (exact) mass is 624 g/mol. The number of benzene rings is 2. The first-order chi connectivity index (χ1) is 22.5. The molecule has 228 valence electrons. The van der Waals surface area contributed by atoms with Gasteiger partial charge in [0.25, 0.3) is 5.56 Å². The fourth-order valence-corrected chi connectivity index (χ4v) is 6.20. The number of aromatic nitrogens is 5. The number of likely N-dealkylation sites (N-methyl/N-ethyl adjacent to an activating group) is 1. The van der Waals surface area contributed by atoms with Crippen LogP contribution >= 0.6 is 11.3 Å². The molecule has 0 radical (unpaired) electrons. The van der Waals surface area contributed by atoms with Crippen LogP contribution in [-0.4, -0.2) is 62.6 Å². The Kier molecular flexibility index (Phi) is 8.25. The van der Waals surface area contributed by atoms with Crippen LogP contribution in [0.1, 0.15) is 22.4 Å². The van der Waals surface area contributed by atoms with Crippen LogP contribution in [0.25, 0.3) is 21.6 Å². The van der Waals surface area contributed by atoms with Gasteiger partial charge < -0.3 is 15.1 Å². The fourth-order valence-electron chi connectivity index (χ4n) is 5.52. The lowest BCUT2D eigenvalue weighted by Gasteiger charge is -2.34. The first-order valence-electron chi connectivity index (χ1n) is 15.1. The van der Waals surface area contributed by atoms with E-state index >= 15 is 0 Å². The zero-order chi connectivity index (χ0) is 31.5. The van der Waals surface area contributed by atoms with Crippen LogP contribution in [0.4, 0.5) is 17.3 Å². The minimum Gasteiger partial charge on any atom is -0.369 e. The van der Waals surface area contributed by atoms with Crippen molar-refractivity contribution in [3.8, 4) is 22.4 Å². The Bertz CT molecular complexity index is 2120. The van der Waals surface area contributed by atoms with E-state index in [0.717, 1.165) is 59.3 Å². The highest BCUT2D eigenvalue weighted by molar-refractivity contribution is 7.13. The molecular formula is C36H32N8OS. The van der Waals surface area contributed by atoms with Crippen LogP contribution in [0.3, 0.4) is 0 Å². The number of nitrogens with one attached hydrogen (secondary N) is 1. The molecule has 0 atom stereocenters. The maximum Gasteiger partial charge on any atom is 0.268 e. The van der Waals surface area contributed by atoms with Crippen molar-refractivity contribution in [2.45, 2.75) is 13.5 Å². The second-order valence-electron chi connectivity index (χ2n) is 11.3. The molecule has 1 aliphatic heterocycles. The van der Waals surface area contributed by atoms with Gasteiger partial charge in [0.15, 0.2) is 0 Å². The summed E-state index contributed by atoms with van der Waals surface area (Å²) in [5, 5.41) is 6.80. The van der Waals surface area contributed by atoms with Crippen molar-refractivity contribution in [3.63, 3.8) is 0 Å². The Morgan fingerprint density at radius 2 is 1.70 bits per heavy atom. The molecule has 0 amide bonds. The number of hydrogen-bond donors (Lipinski definition) is 1. The molecule has 0 aliphatic carbocycles. The lowest BCUT2D eigenvalue weighted by Crippen LogP contribution is -2.44. The van der Waals surface area contributed by atoms with Gasteiger partial charge >= 0.3 is 0 Å². The third-order valence-electron chi connectivity index (χ3n) is 8.16. The number of piperazine rings is 1. The molecule has 2 aromatic carbocycles. The molecule has 6 aromatic rings. The van der Waals surface area contributed by atoms with E-state index in [2.05, 4.69) is 61.1 Å². The van der Waals surface area contributed by atoms with Crippen LogP contribution < -0.4 is 15.8 Å². The summed E-state index contributed by atoms with van der Waals surface area (Å²) in [4.78, 5) is 37.4. The number of nitrogens with zero attached hydrogens (tertiary/aromatic N) is 7. The Morgan fingerprint density at radius 3 is 2.48 bits per heavy atom. The summed E-state index contributed by atoms with van der Waals surface area (Å²) in [6, 6.07) is 21.8. The van der Waals surface area contributed by atoms with Crippen LogP contribution in [0.2, 0.25) is 0 Å². The Morgan fingerprint density at radius 1 is 0.891 bits per heavy atom. The smallest absolute Gasteiger partial charge is 0.268 e. The molecule has 46 heavy (non-hydrogen) atoms. The first kappa shape index (κ1) is 29.3. The van der Waals surface area contributed by atoms with Gasteiger partial charge in [-0.3, -0.25) is 14.3 Å². The molecule has 9 nitrogen and oxygen atoms in total. The number of thiazole rings is 1. The van der Waals surface area contributed by atoms with Gasteiger partial charge in [-0.2, -0.15) is 4.98 Å². The van der Waals surface area contributed by atoms with Gasteiger partial charge in [-0.1, -0.05) is 30.0 Å². The molecule has 5 heterocycles. The number of pyridine rings is 2. The molecule has 1 saturated heterocycles. The van der Waals surface area contributed by atoms with E-state index in [1.54, 1.807) is 29.2 Å². The SMILES string of the molecule is Cc1ccccc1C#Cc1cc2cnc(Nc3ccc(N4CCN(C)CC4)cc3)nc2n(Cc2ncccc2-c2nccs2)c1=O. The van der Waals surface area contributed by atoms with Gasteiger partial charge in [-0.25, -0.2) is 9.97 Å². The number of anilines is 3. The van der Waals surface area contributed by atoms with E-state index in [4.69, 9.17) is 4.98 Å². The van der Waals surface area contributed by atoms with E-state index < -0.39 is 0 Å². The molecule has 4 aromatic heterocycles. The maximum absolute atomic E-state index is 14.1. The van der Waals surface area contributed by atoms with Crippen molar-refractivity contribution in [2.75, 3.05) is 43.4 Å². The minimum absolute atomic E-state index is 0.196.